The molecule has 5 N–H and O–H groups in total. The summed E-state index contributed by atoms with van der Waals surface area (Å²) in [6.45, 7) is 9.80. The van der Waals surface area contributed by atoms with E-state index in [1.165, 1.54) is 0 Å². The molecule has 8 nitrogen and oxygen atoms in total. The van der Waals surface area contributed by atoms with Crippen molar-refractivity contribution in [3.63, 3.8) is 0 Å². The summed E-state index contributed by atoms with van der Waals surface area (Å²) in [6, 6.07) is 7.96. The Bertz CT molecular complexity index is 932. The largest absolute Gasteiger partial charge is 0.401 e. The van der Waals surface area contributed by atoms with Crippen molar-refractivity contribution in [3.05, 3.63) is 42.2 Å². The van der Waals surface area contributed by atoms with Crippen molar-refractivity contribution in [3.8, 4) is 0 Å². The van der Waals surface area contributed by atoms with E-state index in [1.54, 1.807) is 37.1 Å². The van der Waals surface area contributed by atoms with Crippen LogP contribution >= 0.6 is 0 Å². The normalized spacial score (nSPS) is 20.0. The van der Waals surface area contributed by atoms with E-state index in [1.807, 2.05) is 39.0 Å². The van der Waals surface area contributed by atoms with Crippen LogP contribution in [0.1, 0.15) is 60.3 Å². The third-order valence-electron chi connectivity index (χ3n) is 6.45. The highest BCUT2D eigenvalue weighted by atomic mass is 16.2. The molecule has 1 saturated heterocycles. The number of nitrogens with zero attached hydrogens (tertiary/aromatic N) is 1. The van der Waals surface area contributed by atoms with Crippen LogP contribution in [0.5, 0.6) is 0 Å². The molecule has 34 heavy (non-hydrogen) atoms. The van der Waals surface area contributed by atoms with Gasteiger partial charge in [0.2, 0.25) is 17.7 Å². The SMILES string of the molecule is CC(C)(NC(=O)[C@@H]1CCCN1C(=O)[C@@H](N/C=C(\N)C1CC1)C(C)(C)C)C(=O)Nc1ccccc1. The maximum atomic E-state index is 13.6. The van der Waals surface area contributed by atoms with Crippen LogP contribution in [0.4, 0.5) is 5.69 Å². The van der Waals surface area contributed by atoms with Gasteiger partial charge in [0.1, 0.15) is 17.6 Å². The number of likely N-dealkylation sites (tertiary alicyclic amines) is 1. The quantitative estimate of drug-likeness (QED) is 0.467. The fraction of sp³-hybridized carbons (Fsp3) is 0.577. The molecule has 0 radical (unpaired) electrons. The average molecular weight is 470 g/mol. The van der Waals surface area contributed by atoms with Gasteiger partial charge in [-0.25, -0.2) is 0 Å². The van der Waals surface area contributed by atoms with Gasteiger partial charge in [-0.2, -0.15) is 0 Å². The third-order valence-corrected chi connectivity index (χ3v) is 6.45. The van der Waals surface area contributed by atoms with Gasteiger partial charge in [0.05, 0.1) is 0 Å². The molecular weight excluding hydrogens is 430 g/mol. The van der Waals surface area contributed by atoms with Gasteiger partial charge in [0.25, 0.3) is 0 Å². The number of anilines is 1. The molecule has 1 aromatic carbocycles. The average Bonchev–Trinajstić information content (AvgIpc) is 3.49. The van der Waals surface area contributed by atoms with Crippen molar-refractivity contribution in [1.29, 1.82) is 0 Å². The summed E-state index contributed by atoms with van der Waals surface area (Å²) in [7, 11) is 0. The summed E-state index contributed by atoms with van der Waals surface area (Å²) in [4.78, 5) is 41.3. The number of nitrogens with one attached hydrogen (secondary N) is 3. The van der Waals surface area contributed by atoms with Crippen LogP contribution < -0.4 is 21.7 Å². The monoisotopic (exact) mass is 469 g/mol. The number of rotatable bonds is 8. The maximum Gasteiger partial charge on any atom is 0.249 e. The van der Waals surface area contributed by atoms with Crippen molar-refractivity contribution < 1.29 is 14.4 Å². The first-order chi connectivity index (χ1) is 15.9. The van der Waals surface area contributed by atoms with Crippen LogP contribution in [0.25, 0.3) is 0 Å². The van der Waals surface area contributed by atoms with Gasteiger partial charge < -0.3 is 26.6 Å². The summed E-state index contributed by atoms with van der Waals surface area (Å²) < 4.78 is 0. The molecule has 3 amide bonds. The van der Waals surface area contributed by atoms with Crippen LogP contribution in [0.2, 0.25) is 0 Å². The molecule has 0 unspecified atom stereocenters. The van der Waals surface area contributed by atoms with E-state index in [9.17, 15) is 14.4 Å². The number of hydrogen-bond acceptors (Lipinski definition) is 5. The van der Waals surface area contributed by atoms with Gasteiger partial charge in [-0.05, 0) is 63.0 Å². The lowest BCUT2D eigenvalue weighted by Crippen LogP contribution is -2.59. The smallest absolute Gasteiger partial charge is 0.249 e. The Morgan fingerprint density at radius 1 is 1.06 bits per heavy atom. The molecule has 1 aliphatic carbocycles. The fourth-order valence-electron chi connectivity index (χ4n) is 4.13. The maximum absolute atomic E-state index is 13.6. The minimum absolute atomic E-state index is 0.128. The molecule has 1 aliphatic heterocycles. The number of para-hydroxylation sites is 1. The molecule has 2 aliphatic rings. The van der Waals surface area contributed by atoms with Gasteiger partial charge in [-0.1, -0.05) is 39.0 Å². The standard InChI is InChI=1S/C26H39N5O3/c1-25(2,3)21(28-16-19(27)17-13-14-17)23(33)31-15-9-12-20(31)22(32)30-26(4,5)24(34)29-18-10-7-6-8-11-18/h6-8,10-11,16-17,20-21,28H,9,12-15,27H2,1-5H3,(H,29,34)(H,30,32)/b19-16-/t20-,21+/m0/s1. The Labute approximate surface area is 202 Å². The van der Waals surface area contributed by atoms with Gasteiger partial charge in [-0.15, -0.1) is 0 Å². The highest BCUT2D eigenvalue weighted by molar-refractivity contribution is 6.01. The predicted molar refractivity (Wildman–Crippen MR) is 133 cm³/mol. The minimum Gasteiger partial charge on any atom is -0.401 e. The lowest BCUT2D eigenvalue weighted by molar-refractivity contribution is -0.142. The topological polar surface area (TPSA) is 117 Å². The molecule has 2 fully saturated rings. The van der Waals surface area contributed by atoms with E-state index in [-0.39, 0.29) is 23.1 Å². The highest BCUT2D eigenvalue weighted by Crippen LogP contribution is 2.33. The molecule has 2 atom stereocenters. The molecular formula is C26H39N5O3. The summed E-state index contributed by atoms with van der Waals surface area (Å²) in [5.74, 6) is -0.369. The Kier molecular flexibility index (Phi) is 7.58. The molecule has 0 aromatic heterocycles. The van der Waals surface area contributed by atoms with Crippen LogP contribution in [-0.4, -0.2) is 46.8 Å². The summed E-state index contributed by atoms with van der Waals surface area (Å²) in [6.07, 6.45) is 5.22. The zero-order chi connectivity index (χ0) is 25.1. The van der Waals surface area contributed by atoms with Crippen molar-refractivity contribution in [2.45, 2.75) is 77.9 Å². The van der Waals surface area contributed by atoms with Gasteiger partial charge >= 0.3 is 0 Å². The third kappa shape index (κ3) is 6.30. The van der Waals surface area contributed by atoms with Crippen LogP contribution in [-0.2, 0) is 14.4 Å². The highest BCUT2D eigenvalue weighted by Gasteiger charge is 2.42. The van der Waals surface area contributed by atoms with Gasteiger partial charge in [0.15, 0.2) is 0 Å². The van der Waals surface area contributed by atoms with E-state index in [4.69, 9.17) is 5.73 Å². The lowest BCUT2D eigenvalue weighted by atomic mass is 9.85. The Morgan fingerprint density at radius 3 is 2.29 bits per heavy atom. The first kappa shape index (κ1) is 25.6. The van der Waals surface area contributed by atoms with E-state index in [0.717, 1.165) is 25.0 Å². The lowest BCUT2D eigenvalue weighted by Gasteiger charge is -2.36. The molecule has 1 heterocycles. The molecule has 0 spiro atoms. The van der Waals surface area contributed by atoms with Crippen LogP contribution in [0.3, 0.4) is 0 Å². The molecule has 1 saturated carbocycles. The van der Waals surface area contributed by atoms with Crippen LogP contribution in [0, 0.1) is 11.3 Å². The Hall–Kier alpha value is -3.03. The second-order valence-corrected chi connectivity index (χ2v) is 11.0. The number of nitrogens with two attached hydrogens (primary N) is 1. The number of benzene rings is 1. The van der Waals surface area contributed by atoms with Gasteiger partial charge in [0, 0.05) is 24.1 Å². The Balaban J connectivity index is 1.68. The second-order valence-electron chi connectivity index (χ2n) is 11.0. The van der Waals surface area contributed by atoms with E-state index >= 15 is 0 Å². The molecule has 8 heteroatoms. The Morgan fingerprint density at radius 2 is 1.71 bits per heavy atom. The van der Waals surface area contributed by atoms with Crippen molar-refractivity contribution in [2.75, 3.05) is 11.9 Å². The number of hydrogen-bond donors (Lipinski definition) is 4. The van der Waals surface area contributed by atoms with E-state index in [0.29, 0.717) is 24.6 Å². The summed E-state index contributed by atoms with van der Waals surface area (Å²) in [5, 5.41) is 8.92. The van der Waals surface area contributed by atoms with E-state index < -0.39 is 17.6 Å². The minimum atomic E-state index is -1.15. The first-order valence-corrected chi connectivity index (χ1v) is 12.1. The first-order valence-electron chi connectivity index (χ1n) is 12.1. The van der Waals surface area contributed by atoms with E-state index in [2.05, 4.69) is 16.0 Å². The van der Waals surface area contributed by atoms with Gasteiger partial charge in [-0.3, -0.25) is 14.4 Å². The molecule has 1 aromatic rings. The summed E-state index contributed by atoms with van der Waals surface area (Å²) in [5.41, 5.74) is 6.02. The zero-order valence-electron chi connectivity index (χ0n) is 21.0. The van der Waals surface area contributed by atoms with Crippen molar-refractivity contribution in [1.82, 2.24) is 15.5 Å². The molecule has 0 bridgehead atoms. The molecule has 186 valence electrons. The summed E-state index contributed by atoms with van der Waals surface area (Å²) >= 11 is 0. The fourth-order valence-corrected chi connectivity index (χ4v) is 4.13. The number of allylic oxidation sites excluding steroid dienone is 1. The van der Waals surface area contributed by atoms with Crippen molar-refractivity contribution >= 4 is 23.4 Å². The van der Waals surface area contributed by atoms with Crippen LogP contribution in [0.15, 0.2) is 42.2 Å². The second kappa shape index (κ2) is 10.1. The predicted octanol–water partition coefficient (Wildman–Crippen LogP) is 2.73. The zero-order valence-corrected chi connectivity index (χ0v) is 21.0. The number of carbonyl (C=O) groups excluding carboxylic acids is 3. The van der Waals surface area contributed by atoms with Crippen molar-refractivity contribution in [2.24, 2.45) is 17.1 Å². The number of amides is 3. The number of carbonyl (C=O) groups is 3. The molecule has 3 rings (SSSR count).